The van der Waals surface area contributed by atoms with Crippen LogP contribution in [-0.4, -0.2) is 44.7 Å². The average molecular weight is 417 g/mol. The molecule has 4 nitrogen and oxygen atoms in total. The molecule has 156 valence electrons. The fourth-order valence-electron chi connectivity index (χ4n) is 3.03. The second-order valence-corrected chi connectivity index (χ2v) is 8.90. The average Bonchev–Trinajstić information content (AvgIpc) is 2.67. The Labute approximate surface area is 165 Å². The number of hydrogen-bond donors (Lipinski definition) is 0. The zero-order chi connectivity index (χ0) is 20.6. The van der Waals surface area contributed by atoms with Gasteiger partial charge in [0, 0.05) is 44.7 Å². The topological polar surface area (TPSA) is 40.6 Å². The van der Waals surface area contributed by atoms with Crippen LogP contribution < -0.4 is 4.90 Å². The van der Waals surface area contributed by atoms with Crippen LogP contribution in [0.1, 0.15) is 44.6 Å². The van der Waals surface area contributed by atoms with Crippen molar-refractivity contribution in [2.24, 2.45) is 0 Å². The van der Waals surface area contributed by atoms with E-state index in [2.05, 4.69) is 18.8 Å². The van der Waals surface area contributed by atoms with Crippen LogP contribution in [0, 0.1) is 11.8 Å². The summed E-state index contributed by atoms with van der Waals surface area (Å²) < 4.78 is 64.3. The molecule has 0 aromatic heterocycles. The van der Waals surface area contributed by atoms with E-state index in [1.165, 1.54) is 16.4 Å². The molecule has 0 saturated carbocycles. The number of halogens is 3. The SMILES string of the molecule is CCCCCC#CCCS(=O)(=O)N1CCN(c2ccc(C(F)(F)F)cc2)CC1. The van der Waals surface area contributed by atoms with Gasteiger partial charge >= 0.3 is 6.18 Å². The Bertz CT molecular complexity index is 772. The molecule has 0 spiro atoms. The van der Waals surface area contributed by atoms with Gasteiger partial charge in [-0.2, -0.15) is 17.5 Å². The lowest BCUT2D eigenvalue weighted by Gasteiger charge is -2.35. The number of benzene rings is 1. The van der Waals surface area contributed by atoms with E-state index in [9.17, 15) is 21.6 Å². The fourth-order valence-corrected chi connectivity index (χ4v) is 4.37. The van der Waals surface area contributed by atoms with Crippen LogP contribution in [0.2, 0.25) is 0 Å². The predicted molar refractivity (Wildman–Crippen MR) is 106 cm³/mol. The van der Waals surface area contributed by atoms with E-state index < -0.39 is 21.8 Å². The molecule has 0 amide bonds. The van der Waals surface area contributed by atoms with Gasteiger partial charge in [-0.3, -0.25) is 0 Å². The molecule has 0 atom stereocenters. The molecule has 1 heterocycles. The first-order valence-corrected chi connectivity index (χ1v) is 11.2. The van der Waals surface area contributed by atoms with E-state index in [4.69, 9.17) is 0 Å². The lowest BCUT2D eigenvalue weighted by atomic mass is 10.2. The van der Waals surface area contributed by atoms with Gasteiger partial charge in [0.05, 0.1) is 11.3 Å². The number of nitrogens with zero attached hydrogens (tertiary/aromatic N) is 2. The lowest BCUT2D eigenvalue weighted by molar-refractivity contribution is -0.137. The highest BCUT2D eigenvalue weighted by Crippen LogP contribution is 2.30. The molecule has 8 heteroatoms. The quantitative estimate of drug-likeness (QED) is 0.496. The Kier molecular flexibility index (Phi) is 8.20. The molecule has 1 saturated heterocycles. The molecule has 1 aliphatic heterocycles. The van der Waals surface area contributed by atoms with E-state index in [-0.39, 0.29) is 5.75 Å². The third-order valence-electron chi connectivity index (χ3n) is 4.71. The molecular weight excluding hydrogens is 389 g/mol. The van der Waals surface area contributed by atoms with Crippen molar-refractivity contribution in [1.29, 1.82) is 0 Å². The van der Waals surface area contributed by atoms with Gasteiger partial charge in [0.2, 0.25) is 10.0 Å². The minimum Gasteiger partial charge on any atom is -0.369 e. The number of rotatable bonds is 7. The third-order valence-corrected chi connectivity index (χ3v) is 6.58. The molecule has 0 radical (unpaired) electrons. The molecule has 1 aromatic rings. The van der Waals surface area contributed by atoms with Crippen LogP contribution in [0.25, 0.3) is 0 Å². The van der Waals surface area contributed by atoms with Crippen LogP contribution in [0.4, 0.5) is 18.9 Å². The van der Waals surface area contributed by atoms with Crippen molar-refractivity contribution >= 4 is 15.7 Å². The summed E-state index contributed by atoms with van der Waals surface area (Å²) in [5, 5.41) is 0. The first-order valence-electron chi connectivity index (χ1n) is 9.60. The Morgan fingerprint density at radius 3 is 2.14 bits per heavy atom. The first kappa shape index (κ1) is 22.6. The molecule has 1 aromatic carbocycles. The van der Waals surface area contributed by atoms with Gasteiger partial charge in [-0.1, -0.05) is 19.8 Å². The minimum absolute atomic E-state index is 0.00799. The first-order chi connectivity index (χ1) is 13.2. The fraction of sp³-hybridized carbons (Fsp3) is 0.600. The molecule has 0 unspecified atom stereocenters. The summed E-state index contributed by atoms with van der Waals surface area (Å²) >= 11 is 0. The molecule has 0 N–H and O–H groups in total. The van der Waals surface area contributed by atoms with E-state index in [1.54, 1.807) is 0 Å². The Morgan fingerprint density at radius 1 is 0.964 bits per heavy atom. The zero-order valence-electron chi connectivity index (χ0n) is 16.1. The Hall–Kier alpha value is -1.72. The van der Waals surface area contributed by atoms with E-state index >= 15 is 0 Å². The summed E-state index contributed by atoms with van der Waals surface area (Å²) in [5.41, 5.74) is -0.0174. The highest BCUT2D eigenvalue weighted by Gasteiger charge is 2.31. The number of anilines is 1. The molecule has 28 heavy (non-hydrogen) atoms. The van der Waals surface area contributed by atoms with Crippen molar-refractivity contribution in [3.8, 4) is 11.8 Å². The summed E-state index contributed by atoms with van der Waals surface area (Å²) in [5.74, 6) is 5.96. The van der Waals surface area contributed by atoms with Crippen LogP contribution >= 0.6 is 0 Å². The number of unbranched alkanes of at least 4 members (excludes halogenated alkanes) is 3. The lowest BCUT2D eigenvalue weighted by Crippen LogP contribution is -2.49. The highest BCUT2D eigenvalue weighted by atomic mass is 32.2. The number of hydrogen-bond acceptors (Lipinski definition) is 3. The maximum absolute atomic E-state index is 12.7. The van der Waals surface area contributed by atoms with Crippen LogP contribution in [-0.2, 0) is 16.2 Å². The van der Waals surface area contributed by atoms with Crippen molar-refractivity contribution in [2.75, 3.05) is 36.8 Å². The van der Waals surface area contributed by atoms with Crippen molar-refractivity contribution < 1.29 is 21.6 Å². The summed E-state index contributed by atoms with van der Waals surface area (Å²) in [6, 6.07) is 4.97. The molecule has 0 bridgehead atoms. The molecule has 1 fully saturated rings. The summed E-state index contributed by atoms with van der Waals surface area (Å²) in [6.45, 7) is 3.68. The highest BCUT2D eigenvalue weighted by molar-refractivity contribution is 7.89. The third kappa shape index (κ3) is 6.71. The molecule has 0 aliphatic carbocycles. The van der Waals surface area contributed by atoms with Gasteiger partial charge < -0.3 is 4.90 Å². The van der Waals surface area contributed by atoms with Gasteiger partial charge in [0.15, 0.2) is 0 Å². The van der Waals surface area contributed by atoms with Gasteiger partial charge in [0.25, 0.3) is 0 Å². The van der Waals surface area contributed by atoms with Crippen molar-refractivity contribution in [3.05, 3.63) is 29.8 Å². The van der Waals surface area contributed by atoms with Crippen LogP contribution in [0.3, 0.4) is 0 Å². The van der Waals surface area contributed by atoms with Gasteiger partial charge in [-0.05, 0) is 30.7 Å². The molecule has 2 rings (SSSR count). The molecular formula is C20H27F3N2O2S. The van der Waals surface area contributed by atoms with E-state index in [0.29, 0.717) is 38.3 Å². The standard InChI is InChI=1S/C20H27F3N2O2S/c1-2-3-4-5-6-7-8-17-28(26,27)25-15-13-24(14-16-25)19-11-9-18(10-12-19)20(21,22)23/h9-12H,2-5,8,13-17H2,1H3. The summed E-state index contributed by atoms with van der Waals surface area (Å²) in [6.07, 6.45) is 0.0876. The van der Waals surface area contributed by atoms with E-state index in [1.807, 2.05) is 4.90 Å². The Balaban J connectivity index is 1.82. The van der Waals surface area contributed by atoms with Crippen LogP contribution in [0.15, 0.2) is 24.3 Å². The maximum Gasteiger partial charge on any atom is 0.416 e. The van der Waals surface area contributed by atoms with Gasteiger partial charge in [0.1, 0.15) is 0 Å². The second kappa shape index (κ2) is 10.2. The predicted octanol–water partition coefficient (Wildman–Crippen LogP) is 4.13. The van der Waals surface area contributed by atoms with E-state index in [0.717, 1.165) is 37.8 Å². The summed E-state index contributed by atoms with van der Waals surface area (Å²) in [4.78, 5) is 1.90. The number of alkyl halides is 3. The number of sulfonamides is 1. The van der Waals surface area contributed by atoms with Gasteiger partial charge in [-0.25, -0.2) is 8.42 Å². The smallest absolute Gasteiger partial charge is 0.369 e. The zero-order valence-corrected chi connectivity index (χ0v) is 17.0. The van der Waals surface area contributed by atoms with Gasteiger partial charge in [-0.15, -0.1) is 11.8 Å². The minimum atomic E-state index is -4.36. The Morgan fingerprint density at radius 2 is 1.57 bits per heavy atom. The number of piperazine rings is 1. The maximum atomic E-state index is 12.7. The second-order valence-electron chi connectivity index (χ2n) is 6.81. The summed E-state index contributed by atoms with van der Waals surface area (Å²) in [7, 11) is -3.36. The van der Waals surface area contributed by atoms with Crippen molar-refractivity contribution in [2.45, 2.75) is 45.2 Å². The largest absolute Gasteiger partial charge is 0.416 e. The van der Waals surface area contributed by atoms with Crippen molar-refractivity contribution in [3.63, 3.8) is 0 Å². The van der Waals surface area contributed by atoms with Crippen molar-refractivity contribution in [1.82, 2.24) is 4.31 Å². The monoisotopic (exact) mass is 416 g/mol. The normalized spacial score (nSPS) is 15.9. The van der Waals surface area contributed by atoms with Crippen LogP contribution in [0.5, 0.6) is 0 Å². The molecule has 1 aliphatic rings.